The van der Waals surface area contributed by atoms with Gasteiger partial charge in [0, 0.05) is 16.8 Å². The molecule has 0 saturated carbocycles. The number of nitrogens with one attached hydrogen (secondary N) is 1. The first-order valence-electron chi connectivity index (χ1n) is 10.0. The Morgan fingerprint density at radius 1 is 0.800 bits per heavy atom. The van der Waals surface area contributed by atoms with Crippen molar-refractivity contribution in [3.63, 3.8) is 0 Å². The maximum atomic E-state index is 13.5. The van der Waals surface area contributed by atoms with Gasteiger partial charge in [0.15, 0.2) is 0 Å². The summed E-state index contributed by atoms with van der Waals surface area (Å²) in [5.74, 6) is -0.305. The van der Waals surface area contributed by atoms with Crippen molar-refractivity contribution in [1.29, 1.82) is 0 Å². The summed E-state index contributed by atoms with van der Waals surface area (Å²) in [6, 6.07) is 28.8. The number of hydrogen-bond donors (Lipinski definition) is 2. The van der Waals surface area contributed by atoms with Gasteiger partial charge in [0.2, 0.25) is 0 Å². The maximum absolute atomic E-state index is 13.5. The molecule has 0 bridgehead atoms. The second kappa shape index (κ2) is 8.29. The average molecular weight is 396 g/mol. The SMILES string of the molecule is CC(C)c1c(C(=O)Nc2ccccc2)c(-c2ccccc2)c(-c2ccccc2)n1O. The van der Waals surface area contributed by atoms with Crippen LogP contribution in [-0.4, -0.2) is 15.8 Å². The molecule has 4 nitrogen and oxygen atoms in total. The lowest BCUT2D eigenvalue weighted by atomic mass is 9.94. The molecule has 3 aromatic carbocycles. The number of benzene rings is 3. The largest absolute Gasteiger partial charge is 0.428 e. The van der Waals surface area contributed by atoms with Gasteiger partial charge in [-0.3, -0.25) is 4.79 Å². The van der Waals surface area contributed by atoms with Crippen LogP contribution >= 0.6 is 0 Å². The smallest absolute Gasteiger partial charge is 0.258 e. The molecule has 0 aliphatic carbocycles. The Morgan fingerprint density at radius 2 is 1.30 bits per heavy atom. The molecule has 4 heteroatoms. The van der Waals surface area contributed by atoms with Crippen LogP contribution in [0.25, 0.3) is 22.4 Å². The van der Waals surface area contributed by atoms with Gasteiger partial charge >= 0.3 is 0 Å². The lowest BCUT2D eigenvalue weighted by Gasteiger charge is -2.11. The van der Waals surface area contributed by atoms with E-state index in [1.54, 1.807) is 0 Å². The Hall–Kier alpha value is -3.79. The Kier molecular flexibility index (Phi) is 5.40. The van der Waals surface area contributed by atoms with Crippen molar-refractivity contribution in [3.8, 4) is 22.4 Å². The van der Waals surface area contributed by atoms with E-state index in [1.807, 2.05) is 105 Å². The van der Waals surface area contributed by atoms with Crippen LogP contribution in [0.3, 0.4) is 0 Å². The first-order valence-corrected chi connectivity index (χ1v) is 10.0. The normalized spacial score (nSPS) is 10.9. The van der Waals surface area contributed by atoms with Crippen molar-refractivity contribution in [2.24, 2.45) is 0 Å². The second-order valence-corrected chi connectivity index (χ2v) is 7.50. The third kappa shape index (κ3) is 3.60. The van der Waals surface area contributed by atoms with Crippen LogP contribution in [0.2, 0.25) is 0 Å². The molecule has 0 spiro atoms. The first-order chi connectivity index (χ1) is 14.6. The minimum Gasteiger partial charge on any atom is -0.428 e. The number of aromatic nitrogens is 1. The second-order valence-electron chi connectivity index (χ2n) is 7.50. The molecule has 1 amide bonds. The third-order valence-corrected chi connectivity index (χ3v) is 5.10. The Morgan fingerprint density at radius 3 is 1.83 bits per heavy atom. The van der Waals surface area contributed by atoms with E-state index in [2.05, 4.69) is 5.32 Å². The molecule has 4 rings (SSSR count). The molecule has 2 N–H and O–H groups in total. The van der Waals surface area contributed by atoms with Crippen LogP contribution in [0.15, 0.2) is 91.0 Å². The van der Waals surface area contributed by atoms with Crippen molar-refractivity contribution in [3.05, 3.63) is 102 Å². The zero-order chi connectivity index (χ0) is 21.1. The van der Waals surface area contributed by atoms with Crippen molar-refractivity contribution in [2.75, 3.05) is 5.32 Å². The van der Waals surface area contributed by atoms with Gasteiger partial charge in [-0.1, -0.05) is 92.7 Å². The summed E-state index contributed by atoms with van der Waals surface area (Å²) < 4.78 is 1.18. The predicted molar refractivity (Wildman–Crippen MR) is 121 cm³/mol. The van der Waals surface area contributed by atoms with Crippen LogP contribution in [0.1, 0.15) is 35.8 Å². The summed E-state index contributed by atoms with van der Waals surface area (Å²) in [7, 11) is 0. The van der Waals surface area contributed by atoms with Gasteiger partial charge in [-0.05, 0) is 23.6 Å². The number of amides is 1. The highest BCUT2D eigenvalue weighted by Crippen LogP contribution is 2.41. The van der Waals surface area contributed by atoms with E-state index < -0.39 is 0 Å². The summed E-state index contributed by atoms with van der Waals surface area (Å²) in [6.45, 7) is 3.95. The third-order valence-electron chi connectivity index (χ3n) is 5.10. The van der Waals surface area contributed by atoms with Gasteiger partial charge in [-0.25, -0.2) is 0 Å². The Balaban J connectivity index is 1.99. The molecule has 0 saturated heterocycles. The Bertz CT molecular complexity index is 1150. The number of carbonyl (C=O) groups excluding carboxylic acids is 1. The highest BCUT2D eigenvalue weighted by molar-refractivity contribution is 6.12. The molecular formula is C26H24N2O2. The molecule has 0 atom stereocenters. The van der Waals surface area contributed by atoms with E-state index in [1.165, 1.54) is 4.73 Å². The van der Waals surface area contributed by atoms with Crippen LogP contribution in [0.5, 0.6) is 0 Å². The van der Waals surface area contributed by atoms with Gasteiger partial charge in [0.25, 0.3) is 5.91 Å². The van der Waals surface area contributed by atoms with Crippen LogP contribution in [0.4, 0.5) is 5.69 Å². The van der Waals surface area contributed by atoms with Crippen molar-refractivity contribution in [1.82, 2.24) is 4.73 Å². The quantitative estimate of drug-likeness (QED) is 0.382. The monoisotopic (exact) mass is 396 g/mol. The molecule has 1 aromatic heterocycles. The molecule has 0 radical (unpaired) electrons. The molecule has 1 heterocycles. The van der Waals surface area contributed by atoms with Gasteiger partial charge in [0.05, 0.1) is 17.0 Å². The van der Waals surface area contributed by atoms with E-state index in [0.717, 1.165) is 16.7 Å². The molecule has 30 heavy (non-hydrogen) atoms. The lowest BCUT2D eigenvalue weighted by Crippen LogP contribution is -2.16. The molecule has 0 aliphatic heterocycles. The van der Waals surface area contributed by atoms with E-state index in [4.69, 9.17) is 0 Å². The zero-order valence-corrected chi connectivity index (χ0v) is 17.0. The highest BCUT2D eigenvalue weighted by atomic mass is 16.5. The van der Waals surface area contributed by atoms with Gasteiger partial charge < -0.3 is 10.5 Å². The topological polar surface area (TPSA) is 54.3 Å². The summed E-state index contributed by atoms with van der Waals surface area (Å²) in [5, 5.41) is 14.2. The summed E-state index contributed by atoms with van der Waals surface area (Å²) in [4.78, 5) is 13.5. The number of anilines is 1. The van der Waals surface area contributed by atoms with Crippen molar-refractivity contribution >= 4 is 11.6 Å². The van der Waals surface area contributed by atoms with Gasteiger partial charge in [0.1, 0.15) is 0 Å². The number of nitrogens with zero attached hydrogens (tertiary/aromatic N) is 1. The molecule has 0 aliphatic rings. The molecule has 4 aromatic rings. The number of hydrogen-bond acceptors (Lipinski definition) is 2. The number of para-hydroxylation sites is 1. The van der Waals surface area contributed by atoms with Gasteiger partial charge in [-0.2, -0.15) is 4.73 Å². The lowest BCUT2D eigenvalue weighted by molar-refractivity contribution is 0.102. The van der Waals surface area contributed by atoms with Gasteiger partial charge in [-0.15, -0.1) is 0 Å². The van der Waals surface area contributed by atoms with Crippen molar-refractivity contribution < 1.29 is 10.0 Å². The van der Waals surface area contributed by atoms with E-state index in [-0.39, 0.29) is 11.8 Å². The van der Waals surface area contributed by atoms with Crippen LogP contribution < -0.4 is 5.32 Å². The Labute approximate surface area is 176 Å². The summed E-state index contributed by atoms with van der Waals surface area (Å²) in [6.07, 6.45) is 0. The minimum absolute atomic E-state index is 0.0635. The van der Waals surface area contributed by atoms with E-state index in [0.29, 0.717) is 22.6 Å². The molecule has 0 unspecified atom stereocenters. The standard InChI is InChI=1S/C26H24N2O2/c1-18(2)24-23(26(29)27-21-16-10-5-11-17-21)22(19-12-6-3-7-13-19)25(28(24)30)20-14-8-4-9-15-20/h3-18,30H,1-2H3,(H,27,29). The summed E-state index contributed by atoms with van der Waals surface area (Å²) in [5.41, 5.74) is 4.85. The number of rotatable bonds is 5. The van der Waals surface area contributed by atoms with Crippen LogP contribution in [-0.2, 0) is 0 Å². The fraction of sp³-hybridized carbons (Fsp3) is 0.115. The summed E-state index contributed by atoms with van der Waals surface area (Å²) >= 11 is 0. The predicted octanol–water partition coefficient (Wildman–Crippen LogP) is 6.44. The molecule has 0 fully saturated rings. The van der Waals surface area contributed by atoms with E-state index >= 15 is 0 Å². The average Bonchev–Trinajstić information content (AvgIpc) is 3.09. The first kappa shape index (κ1) is 19.5. The van der Waals surface area contributed by atoms with Crippen molar-refractivity contribution in [2.45, 2.75) is 19.8 Å². The fourth-order valence-electron chi connectivity index (χ4n) is 3.81. The van der Waals surface area contributed by atoms with E-state index in [9.17, 15) is 10.0 Å². The molecular weight excluding hydrogens is 372 g/mol. The fourth-order valence-corrected chi connectivity index (χ4v) is 3.81. The number of carbonyl (C=O) groups is 1. The minimum atomic E-state index is -0.242. The highest BCUT2D eigenvalue weighted by Gasteiger charge is 2.30. The zero-order valence-electron chi connectivity index (χ0n) is 17.0. The molecule has 150 valence electrons. The van der Waals surface area contributed by atoms with Crippen LogP contribution in [0, 0.1) is 0 Å². The maximum Gasteiger partial charge on any atom is 0.258 e.